The molecule has 0 fully saturated rings. The van der Waals surface area contributed by atoms with Crippen molar-refractivity contribution in [3.05, 3.63) is 88.1 Å². The van der Waals surface area contributed by atoms with Crippen LogP contribution in [0.1, 0.15) is 25.6 Å². The Balaban J connectivity index is 1.53. The lowest BCUT2D eigenvalue weighted by molar-refractivity contribution is -0.125. The second-order valence-electron chi connectivity index (χ2n) is 6.39. The number of hydrogen-bond acceptors (Lipinski definition) is 7. The van der Waals surface area contributed by atoms with Crippen molar-refractivity contribution in [3.63, 3.8) is 0 Å². The average Bonchev–Trinajstić information content (AvgIpc) is 3.35. The van der Waals surface area contributed by atoms with E-state index in [1.54, 1.807) is 41.8 Å². The molecule has 0 bridgehead atoms. The van der Waals surface area contributed by atoms with E-state index in [0.29, 0.717) is 4.88 Å². The Morgan fingerprint density at radius 3 is 2.41 bits per heavy atom. The summed E-state index contributed by atoms with van der Waals surface area (Å²) < 4.78 is 32.4. The summed E-state index contributed by atoms with van der Waals surface area (Å²) in [6.07, 6.45) is 0. The maximum absolute atomic E-state index is 12.5. The van der Waals surface area contributed by atoms with Crippen molar-refractivity contribution in [2.24, 2.45) is 0 Å². The number of benzene rings is 2. The second kappa shape index (κ2) is 10.7. The van der Waals surface area contributed by atoms with Crippen LogP contribution >= 0.6 is 11.3 Å². The highest BCUT2D eigenvalue weighted by molar-refractivity contribution is 7.89. The SMILES string of the molecule is O=C(COC(=O)c1cccc(S(=O)(=O)NCc2ccccc2)c1)NNC(=O)c1cccs1. The van der Waals surface area contributed by atoms with Crippen molar-refractivity contribution in [3.8, 4) is 0 Å². The van der Waals surface area contributed by atoms with Crippen molar-refractivity contribution in [1.82, 2.24) is 15.6 Å². The maximum Gasteiger partial charge on any atom is 0.338 e. The minimum Gasteiger partial charge on any atom is -0.452 e. The highest BCUT2D eigenvalue weighted by atomic mass is 32.2. The molecule has 166 valence electrons. The molecule has 1 aromatic heterocycles. The molecule has 11 heteroatoms. The lowest BCUT2D eigenvalue weighted by Crippen LogP contribution is -2.43. The van der Waals surface area contributed by atoms with Gasteiger partial charge in [-0.1, -0.05) is 42.5 Å². The van der Waals surface area contributed by atoms with E-state index in [-0.39, 0.29) is 17.0 Å². The van der Waals surface area contributed by atoms with Gasteiger partial charge in [0.25, 0.3) is 11.8 Å². The van der Waals surface area contributed by atoms with Crippen LogP contribution in [0.3, 0.4) is 0 Å². The number of carbonyl (C=O) groups excluding carboxylic acids is 3. The van der Waals surface area contributed by atoms with Crippen molar-refractivity contribution >= 4 is 39.1 Å². The number of esters is 1. The second-order valence-corrected chi connectivity index (χ2v) is 9.11. The van der Waals surface area contributed by atoms with Gasteiger partial charge >= 0.3 is 5.97 Å². The maximum atomic E-state index is 12.5. The lowest BCUT2D eigenvalue weighted by Gasteiger charge is -2.09. The van der Waals surface area contributed by atoms with E-state index in [1.807, 2.05) is 6.07 Å². The normalized spacial score (nSPS) is 10.9. The van der Waals surface area contributed by atoms with Crippen molar-refractivity contribution in [1.29, 1.82) is 0 Å². The summed E-state index contributed by atoms with van der Waals surface area (Å²) in [5.41, 5.74) is 5.07. The molecular formula is C21H19N3O6S2. The van der Waals surface area contributed by atoms with E-state index >= 15 is 0 Å². The van der Waals surface area contributed by atoms with Gasteiger partial charge in [-0.3, -0.25) is 20.4 Å². The van der Waals surface area contributed by atoms with Gasteiger partial charge in [0.2, 0.25) is 10.0 Å². The van der Waals surface area contributed by atoms with E-state index in [4.69, 9.17) is 4.74 Å². The predicted molar refractivity (Wildman–Crippen MR) is 117 cm³/mol. The molecule has 2 amide bonds. The van der Waals surface area contributed by atoms with Gasteiger partial charge in [-0.2, -0.15) is 0 Å². The number of nitrogens with one attached hydrogen (secondary N) is 3. The third-order valence-electron chi connectivity index (χ3n) is 4.08. The number of hydrogen-bond donors (Lipinski definition) is 3. The molecular weight excluding hydrogens is 454 g/mol. The van der Waals surface area contributed by atoms with Crippen LogP contribution in [0.25, 0.3) is 0 Å². The highest BCUT2D eigenvalue weighted by Gasteiger charge is 2.18. The van der Waals surface area contributed by atoms with Gasteiger partial charge in [0.1, 0.15) is 0 Å². The Labute approximate surface area is 188 Å². The lowest BCUT2D eigenvalue weighted by atomic mass is 10.2. The first-order valence-electron chi connectivity index (χ1n) is 9.28. The molecule has 0 aliphatic heterocycles. The molecule has 32 heavy (non-hydrogen) atoms. The topological polar surface area (TPSA) is 131 Å². The molecule has 3 aromatic rings. The summed E-state index contributed by atoms with van der Waals surface area (Å²) in [6.45, 7) is -0.567. The van der Waals surface area contributed by atoms with E-state index < -0.39 is 34.4 Å². The number of thiophene rings is 1. The van der Waals surface area contributed by atoms with Gasteiger partial charge in [-0.15, -0.1) is 11.3 Å². The molecule has 0 saturated heterocycles. The number of hydrazine groups is 1. The first kappa shape index (κ1) is 23.1. The number of ether oxygens (including phenoxy) is 1. The fraction of sp³-hybridized carbons (Fsp3) is 0.0952. The zero-order valence-corrected chi connectivity index (χ0v) is 18.2. The zero-order valence-electron chi connectivity index (χ0n) is 16.6. The van der Waals surface area contributed by atoms with Gasteiger partial charge in [0.15, 0.2) is 6.61 Å². The smallest absolute Gasteiger partial charge is 0.338 e. The van der Waals surface area contributed by atoms with Crippen LogP contribution in [0.5, 0.6) is 0 Å². The van der Waals surface area contributed by atoms with Gasteiger partial charge in [-0.25, -0.2) is 17.9 Å². The summed E-state index contributed by atoms with van der Waals surface area (Å²) in [7, 11) is -3.87. The molecule has 1 heterocycles. The summed E-state index contributed by atoms with van der Waals surface area (Å²) >= 11 is 1.20. The fourth-order valence-electron chi connectivity index (χ4n) is 2.49. The summed E-state index contributed by atoms with van der Waals surface area (Å²) in [5, 5.41) is 1.71. The Kier molecular flexibility index (Phi) is 7.71. The van der Waals surface area contributed by atoms with Crippen LogP contribution < -0.4 is 15.6 Å². The molecule has 3 rings (SSSR count). The van der Waals surface area contributed by atoms with E-state index in [0.717, 1.165) is 11.6 Å². The summed E-state index contributed by atoms with van der Waals surface area (Å²) in [5.74, 6) is -2.14. The van der Waals surface area contributed by atoms with E-state index in [1.165, 1.54) is 29.5 Å². The molecule has 0 aliphatic carbocycles. The van der Waals surface area contributed by atoms with Gasteiger partial charge in [-0.05, 0) is 35.2 Å². The summed E-state index contributed by atoms with van der Waals surface area (Å²) in [6, 6.07) is 17.5. The Morgan fingerprint density at radius 2 is 1.69 bits per heavy atom. The molecule has 0 aliphatic rings. The standard InChI is InChI=1S/C21H19N3O6S2/c25-19(23-24-20(26)18-10-5-11-31-18)14-30-21(27)16-8-4-9-17(12-16)32(28,29)22-13-15-6-2-1-3-7-15/h1-12,22H,13-14H2,(H,23,25)(H,24,26). The predicted octanol–water partition coefficient (Wildman–Crippen LogP) is 1.84. The van der Waals surface area contributed by atoms with Crippen molar-refractivity contribution < 1.29 is 27.5 Å². The number of amides is 2. The first-order chi connectivity index (χ1) is 15.3. The van der Waals surface area contributed by atoms with E-state index in [9.17, 15) is 22.8 Å². The van der Waals surface area contributed by atoms with Crippen LogP contribution in [0.2, 0.25) is 0 Å². The average molecular weight is 474 g/mol. The number of carbonyl (C=O) groups is 3. The third-order valence-corrected chi connectivity index (χ3v) is 6.35. The molecule has 0 saturated carbocycles. The largest absolute Gasteiger partial charge is 0.452 e. The Hall–Kier alpha value is -3.54. The Bertz CT molecular complexity index is 1200. The third kappa shape index (κ3) is 6.48. The van der Waals surface area contributed by atoms with E-state index in [2.05, 4.69) is 15.6 Å². The Morgan fingerprint density at radius 1 is 0.906 bits per heavy atom. The van der Waals surface area contributed by atoms with Gasteiger partial charge < -0.3 is 4.74 Å². The monoisotopic (exact) mass is 473 g/mol. The quantitative estimate of drug-likeness (QED) is 0.338. The van der Waals surface area contributed by atoms with Crippen LogP contribution in [-0.2, 0) is 26.1 Å². The van der Waals surface area contributed by atoms with Crippen molar-refractivity contribution in [2.45, 2.75) is 11.4 Å². The minimum absolute atomic E-state index is 0.0389. The molecule has 0 unspecified atom stereocenters. The molecule has 3 N–H and O–H groups in total. The zero-order chi connectivity index (χ0) is 23.0. The van der Waals surface area contributed by atoms with Crippen LogP contribution in [0.15, 0.2) is 77.0 Å². The molecule has 0 spiro atoms. The fourth-order valence-corrected chi connectivity index (χ4v) is 4.18. The van der Waals surface area contributed by atoms with Crippen LogP contribution in [-0.4, -0.2) is 32.8 Å². The molecule has 9 nitrogen and oxygen atoms in total. The van der Waals surface area contributed by atoms with Crippen LogP contribution in [0, 0.1) is 0 Å². The molecule has 0 radical (unpaired) electrons. The first-order valence-corrected chi connectivity index (χ1v) is 11.6. The number of rotatable bonds is 8. The van der Waals surface area contributed by atoms with Crippen LogP contribution in [0.4, 0.5) is 0 Å². The number of sulfonamides is 1. The van der Waals surface area contributed by atoms with Crippen molar-refractivity contribution in [2.75, 3.05) is 6.61 Å². The molecule has 0 atom stereocenters. The molecule has 2 aromatic carbocycles. The minimum atomic E-state index is -3.87. The summed E-state index contributed by atoms with van der Waals surface area (Å²) in [4.78, 5) is 36.1. The highest BCUT2D eigenvalue weighted by Crippen LogP contribution is 2.13. The van der Waals surface area contributed by atoms with Gasteiger partial charge in [0.05, 0.1) is 15.3 Å². The van der Waals surface area contributed by atoms with Gasteiger partial charge in [0, 0.05) is 6.54 Å².